The lowest BCUT2D eigenvalue weighted by molar-refractivity contribution is 0.785. The SMILES string of the molecule is Cc1ccc(NCc2ccsc2)cc1-n1cnnn1. The first kappa shape index (κ1) is 11.9. The maximum Gasteiger partial charge on any atom is 0.143 e. The van der Waals surface area contributed by atoms with Gasteiger partial charge < -0.3 is 5.32 Å². The van der Waals surface area contributed by atoms with Crippen LogP contribution in [-0.4, -0.2) is 20.2 Å². The first-order valence-corrected chi connectivity index (χ1v) is 6.86. The van der Waals surface area contributed by atoms with E-state index in [1.54, 1.807) is 22.3 Å². The molecule has 0 fully saturated rings. The van der Waals surface area contributed by atoms with Crippen LogP contribution in [0.3, 0.4) is 0 Å². The third-order valence-corrected chi connectivity index (χ3v) is 3.61. The molecule has 0 saturated carbocycles. The Balaban J connectivity index is 1.81. The van der Waals surface area contributed by atoms with Gasteiger partial charge in [0.1, 0.15) is 6.33 Å². The maximum absolute atomic E-state index is 3.93. The molecule has 2 heterocycles. The molecule has 3 aromatic rings. The Kier molecular flexibility index (Phi) is 3.24. The molecule has 1 N–H and O–H groups in total. The van der Waals surface area contributed by atoms with E-state index in [0.29, 0.717) is 0 Å². The number of benzene rings is 1. The minimum Gasteiger partial charge on any atom is -0.381 e. The highest BCUT2D eigenvalue weighted by atomic mass is 32.1. The fraction of sp³-hybridized carbons (Fsp3) is 0.154. The molecule has 19 heavy (non-hydrogen) atoms. The quantitative estimate of drug-likeness (QED) is 0.792. The van der Waals surface area contributed by atoms with Crippen molar-refractivity contribution in [1.29, 1.82) is 0 Å². The number of thiophene rings is 1. The second kappa shape index (κ2) is 5.19. The maximum atomic E-state index is 3.93. The van der Waals surface area contributed by atoms with Gasteiger partial charge in [-0.1, -0.05) is 6.07 Å². The average Bonchev–Trinajstić information content (AvgIpc) is 3.11. The number of nitrogens with one attached hydrogen (secondary N) is 1. The van der Waals surface area contributed by atoms with Gasteiger partial charge in [-0.15, -0.1) is 5.10 Å². The summed E-state index contributed by atoms with van der Waals surface area (Å²) in [6.45, 7) is 2.86. The Morgan fingerprint density at radius 1 is 1.32 bits per heavy atom. The van der Waals surface area contributed by atoms with E-state index in [1.807, 2.05) is 6.92 Å². The summed E-state index contributed by atoms with van der Waals surface area (Å²) in [6, 6.07) is 8.30. The Morgan fingerprint density at radius 3 is 3.00 bits per heavy atom. The van der Waals surface area contributed by atoms with Crippen LogP contribution in [0, 0.1) is 6.92 Å². The van der Waals surface area contributed by atoms with Crippen LogP contribution in [0.5, 0.6) is 0 Å². The molecule has 3 rings (SSSR count). The molecule has 0 spiro atoms. The Morgan fingerprint density at radius 2 is 2.26 bits per heavy atom. The molecule has 6 heteroatoms. The molecule has 0 saturated heterocycles. The molecule has 1 aromatic carbocycles. The first-order chi connectivity index (χ1) is 9.33. The van der Waals surface area contributed by atoms with Crippen LogP contribution < -0.4 is 5.32 Å². The van der Waals surface area contributed by atoms with E-state index in [9.17, 15) is 0 Å². The topological polar surface area (TPSA) is 55.6 Å². The second-order valence-electron chi connectivity index (χ2n) is 4.24. The largest absolute Gasteiger partial charge is 0.381 e. The van der Waals surface area contributed by atoms with Gasteiger partial charge in [-0.3, -0.25) is 0 Å². The van der Waals surface area contributed by atoms with Crippen molar-refractivity contribution in [3.8, 4) is 5.69 Å². The molecule has 96 valence electrons. The van der Waals surface area contributed by atoms with Crippen LogP contribution >= 0.6 is 11.3 Å². The van der Waals surface area contributed by atoms with Crippen molar-refractivity contribution in [2.75, 3.05) is 5.32 Å². The van der Waals surface area contributed by atoms with E-state index in [-0.39, 0.29) is 0 Å². The number of nitrogens with zero attached hydrogens (tertiary/aromatic N) is 4. The molecule has 0 aliphatic heterocycles. The monoisotopic (exact) mass is 271 g/mol. The van der Waals surface area contributed by atoms with E-state index >= 15 is 0 Å². The molecule has 0 radical (unpaired) electrons. The Labute approximate surface area is 114 Å². The number of hydrogen-bond acceptors (Lipinski definition) is 5. The molecule has 0 amide bonds. The van der Waals surface area contributed by atoms with Crippen LogP contribution in [-0.2, 0) is 6.54 Å². The number of aryl methyl sites for hydroxylation is 1. The zero-order valence-electron chi connectivity index (χ0n) is 10.4. The smallest absolute Gasteiger partial charge is 0.143 e. The highest BCUT2D eigenvalue weighted by molar-refractivity contribution is 7.07. The van der Waals surface area contributed by atoms with Crippen molar-refractivity contribution in [3.63, 3.8) is 0 Å². The molecular formula is C13H13N5S. The summed E-state index contributed by atoms with van der Waals surface area (Å²) in [4.78, 5) is 0. The van der Waals surface area contributed by atoms with Crippen LogP contribution in [0.4, 0.5) is 5.69 Å². The summed E-state index contributed by atoms with van der Waals surface area (Å²) in [6.07, 6.45) is 1.60. The average molecular weight is 271 g/mol. The van der Waals surface area contributed by atoms with Gasteiger partial charge >= 0.3 is 0 Å². The minimum atomic E-state index is 0.821. The van der Waals surface area contributed by atoms with Gasteiger partial charge in [0.25, 0.3) is 0 Å². The number of rotatable bonds is 4. The van der Waals surface area contributed by atoms with Crippen LogP contribution in [0.2, 0.25) is 0 Å². The lowest BCUT2D eigenvalue weighted by atomic mass is 10.2. The molecule has 0 aliphatic carbocycles. The van der Waals surface area contributed by atoms with Crippen molar-refractivity contribution >= 4 is 17.0 Å². The molecule has 0 bridgehead atoms. The van der Waals surface area contributed by atoms with Gasteiger partial charge in [0.15, 0.2) is 0 Å². The van der Waals surface area contributed by atoms with Crippen molar-refractivity contribution in [2.45, 2.75) is 13.5 Å². The van der Waals surface area contributed by atoms with Gasteiger partial charge in [-0.05, 0) is 57.4 Å². The fourth-order valence-electron chi connectivity index (χ4n) is 1.84. The van der Waals surface area contributed by atoms with Crippen LogP contribution in [0.25, 0.3) is 5.69 Å². The first-order valence-electron chi connectivity index (χ1n) is 5.92. The van der Waals surface area contributed by atoms with E-state index < -0.39 is 0 Å². The molecule has 5 nitrogen and oxygen atoms in total. The Hall–Kier alpha value is -2.21. The molecule has 0 aliphatic rings. The zero-order chi connectivity index (χ0) is 13.1. The number of hydrogen-bond donors (Lipinski definition) is 1. The normalized spacial score (nSPS) is 10.6. The van der Waals surface area contributed by atoms with Crippen molar-refractivity contribution < 1.29 is 0 Å². The lowest BCUT2D eigenvalue weighted by Gasteiger charge is -2.09. The standard InChI is InChI=1S/C13H13N5S/c1-10-2-3-12(14-7-11-4-5-19-8-11)6-13(10)18-9-15-16-17-18/h2-6,8-9,14H,7H2,1H3. The number of anilines is 1. The van der Waals surface area contributed by atoms with Crippen molar-refractivity contribution in [3.05, 3.63) is 52.5 Å². The highest BCUT2D eigenvalue weighted by Crippen LogP contribution is 2.19. The van der Waals surface area contributed by atoms with Gasteiger partial charge in [-0.25, -0.2) is 4.68 Å². The summed E-state index contributed by atoms with van der Waals surface area (Å²) in [5, 5.41) is 18.9. The molecular weight excluding hydrogens is 258 g/mol. The predicted molar refractivity (Wildman–Crippen MR) is 75.5 cm³/mol. The van der Waals surface area contributed by atoms with Crippen molar-refractivity contribution in [1.82, 2.24) is 20.2 Å². The Bertz CT molecular complexity index is 646. The van der Waals surface area contributed by atoms with Crippen molar-refractivity contribution in [2.24, 2.45) is 0 Å². The molecule has 0 unspecified atom stereocenters. The summed E-state index contributed by atoms with van der Waals surface area (Å²) in [5.41, 5.74) is 4.46. The van der Waals surface area contributed by atoms with E-state index in [2.05, 4.69) is 55.9 Å². The summed E-state index contributed by atoms with van der Waals surface area (Å²) >= 11 is 1.71. The predicted octanol–water partition coefficient (Wildman–Crippen LogP) is 2.64. The minimum absolute atomic E-state index is 0.821. The molecule has 2 aromatic heterocycles. The van der Waals surface area contributed by atoms with E-state index in [1.165, 1.54) is 5.56 Å². The van der Waals surface area contributed by atoms with E-state index in [0.717, 1.165) is 23.5 Å². The van der Waals surface area contributed by atoms with E-state index in [4.69, 9.17) is 0 Å². The van der Waals surface area contributed by atoms with Gasteiger partial charge in [0.05, 0.1) is 5.69 Å². The van der Waals surface area contributed by atoms with Crippen LogP contribution in [0.15, 0.2) is 41.4 Å². The molecule has 0 atom stereocenters. The third kappa shape index (κ3) is 2.63. The number of aromatic nitrogens is 4. The van der Waals surface area contributed by atoms with Gasteiger partial charge in [0, 0.05) is 12.2 Å². The van der Waals surface area contributed by atoms with Gasteiger partial charge in [0.2, 0.25) is 0 Å². The lowest BCUT2D eigenvalue weighted by Crippen LogP contribution is -2.02. The second-order valence-corrected chi connectivity index (χ2v) is 5.02. The zero-order valence-corrected chi connectivity index (χ0v) is 11.3. The summed E-state index contributed by atoms with van der Waals surface area (Å²) < 4.78 is 1.67. The van der Waals surface area contributed by atoms with Gasteiger partial charge in [-0.2, -0.15) is 11.3 Å². The van der Waals surface area contributed by atoms with Crippen LogP contribution in [0.1, 0.15) is 11.1 Å². The number of tetrazole rings is 1. The highest BCUT2D eigenvalue weighted by Gasteiger charge is 2.04. The summed E-state index contributed by atoms with van der Waals surface area (Å²) in [7, 11) is 0. The fourth-order valence-corrected chi connectivity index (χ4v) is 2.50. The third-order valence-electron chi connectivity index (χ3n) is 2.88. The summed E-state index contributed by atoms with van der Waals surface area (Å²) in [5.74, 6) is 0.